The van der Waals surface area contributed by atoms with Crippen LogP contribution in [0.1, 0.15) is 35.0 Å². The first-order valence-corrected chi connectivity index (χ1v) is 13.0. The summed E-state index contributed by atoms with van der Waals surface area (Å²) in [5.41, 5.74) is 4.27. The molecule has 2 aromatic carbocycles. The predicted octanol–water partition coefficient (Wildman–Crippen LogP) is 4.16. The summed E-state index contributed by atoms with van der Waals surface area (Å²) >= 11 is 6.12. The number of anilines is 1. The standard InChI is InChI=1S/C28H31ClN4O3/c1-2-11-31-12-10-25-23(18-31)27(22-8-3-4-9-24(22)30-25)28(35)36-19-26(34)33-15-13-32(14-16-33)21-7-5-6-20(29)17-21/h3-9,17H,2,10-16,18-19H2,1H3. The van der Waals surface area contributed by atoms with E-state index in [2.05, 4.69) is 16.7 Å². The molecule has 1 fully saturated rings. The molecule has 0 N–H and O–H groups in total. The molecule has 0 spiro atoms. The number of carbonyl (C=O) groups is 2. The fourth-order valence-electron chi connectivity index (χ4n) is 5.16. The molecule has 7 nitrogen and oxygen atoms in total. The smallest absolute Gasteiger partial charge is 0.339 e. The van der Waals surface area contributed by atoms with E-state index in [9.17, 15) is 9.59 Å². The molecule has 1 saturated heterocycles. The van der Waals surface area contributed by atoms with Crippen molar-refractivity contribution in [3.8, 4) is 0 Å². The molecule has 36 heavy (non-hydrogen) atoms. The number of aromatic nitrogens is 1. The first-order valence-electron chi connectivity index (χ1n) is 12.6. The predicted molar refractivity (Wildman–Crippen MR) is 142 cm³/mol. The van der Waals surface area contributed by atoms with Crippen LogP contribution in [-0.4, -0.2) is 72.5 Å². The van der Waals surface area contributed by atoms with Crippen molar-refractivity contribution in [2.45, 2.75) is 26.3 Å². The summed E-state index contributed by atoms with van der Waals surface area (Å²) in [4.78, 5) is 37.5. The Morgan fingerprint density at radius 2 is 1.83 bits per heavy atom. The second-order valence-electron chi connectivity index (χ2n) is 9.38. The zero-order valence-corrected chi connectivity index (χ0v) is 21.3. The van der Waals surface area contributed by atoms with Gasteiger partial charge in [-0.25, -0.2) is 4.79 Å². The Hall–Kier alpha value is -3.16. The van der Waals surface area contributed by atoms with Crippen LogP contribution in [0.15, 0.2) is 48.5 Å². The van der Waals surface area contributed by atoms with Gasteiger partial charge in [-0.05, 0) is 37.2 Å². The first kappa shape index (κ1) is 24.5. The lowest BCUT2D eigenvalue weighted by Gasteiger charge is -2.36. The molecule has 0 saturated carbocycles. The van der Waals surface area contributed by atoms with Crippen LogP contribution in [0.4, 0.5) is 5.69 Å². The van der Waals surface area contributed by atoms with Crippen molar-refractivity contribution in [1.29, 1.82) is 0 Å². The largest absolute Gasteiger partial charge is 0.452 e. The van der Waals surface area contributed by atoms with Gasteiger partial charge in [0.1, 0.15) is 0 Å². The quantitative estimate of drug-likeness (QED) is 0.468. The molecular formula is C28H31ClN4O3. The molecule has 188 valence electrons. The number of esters is 1. The summed E-state index contributed by atoms with van der Waals surface area (Å²) in [6, 6.07) is 15.4. The number of nitrogens with zero attached hydrogens (tertiary/aromatic N) is 4. The molecule has 5 rings (SSSR count). The van der Waals surface area contributed by atoms with Crippen LogP contribution < -0.4 is 4.90 Å². The van der Waals surface area contributed by atoms with E-state index in [1.54, 1.807) is 4.90 Å². The van der Waals surface area contributed by atoms with E-state index in [4.69, 9.17) is 21.3 Å². The van der Waals surface area contributed by atoms with E-state index < -0.39 is 5.97 Å². The number of hydrogen-bond acceptors (Lipinski definition) is 6. The lowest BCUT2D eigenvalue weighted by Crippen LogP contribution is -2.50. The second-order valence-corrected chi connectivity index (χ2v) is 9.82. The monoisotopic (exact) mass is 506 g/mol. The van der Waals surface area contributed by atoms with Crippen LogP contribution in [0.3, 0.4) is 0 Å². The number of rotatable bonds is 6. The molecule has 0 aliphatic carbocycles. The number of piperazine rings is 1. The SMILES string of the molecule is CCCN1CCc2nc3ccccc3c(C(=O)OCC(=O)N3CCN(c4cccc(Cl)c4)CC3)c2C1. The van der Waals surface area contributed by atoms with Crippen LogP contribution in [0, 0.1) is 0 Å². The Kier molecular flexibility index (Phi) is 7.39. The van der Waals surface area contributed by atoms with Crippen molar-refractivity contribution in [2.24, 2.45) is 0 Å². The van der Waals surface area contributed by atoms with Gasteiger partial charge in [-0.2, -0.15) is 0 Å². The Balaban J connectivity index is 1.27. The van der Waals surface area contributed by atoms with E-state index in [0.29, 0.717) is 43.3 Å². The van der Waals surface area contributed by atoms with Gasteiger partial charge >= 0.3 is 5.97 Å². The number of pyridine rings is 1. The summed E-state index contributed by atoms with van der Waals surface area (Å²) in [5.74, 6) is -0.622. The molecular weight excluding hydrogens is 476 g/mol. The van der Waals surface area contributed by atoms with Crippen molar-refractivity contribution in [3.63, 3.8) is 0 Å². The maximum absolute atomic E-state index is 13.4. The number of amides is 1. The number of fused-ring (bicyclic) bond motifs is 2. The zero-order valence-electron chi connectivity index (χ0n) is 20.6. The highest BCUT2D eigenvalue weighted by molar-refractivity contribution is 6.30. The summed E-state index contributed by atoms with van der Waals surface area (Å²) in [6.07, 6.45) is 1.85. The summed E-state index contributed by atoms with van der Waals surface area (Å²) < 4.78 is 5.63. The third-order valence-electron chi connectivity index (χ3n) is 7.00. The summed E-state index contributed by atoms with van der Waals surface area (Å²) in [5, 5.41) is 1.48. The molecule has 0 radical (unpaired) electrons. The molecule has 0 bridgehead atoms. The second kappa shape index (κ2) is 10.8. The number of benzene rings is 2. The molecule has 3 aromatic rings. The van der Waals surface area contributed by atoms with Crippen LogP contribution in [0.2, 0.25) is 5.02 Å². The van der Waals surface area contributed by atoms with E-state index >= 15 is 0 Å². The average Bonchev–Trinajstić information content (AvgIpc) is 2.90. The lowest BCUT2D eigenvalue weighted by atomic mass is 9.95. The molecule has 8 heteroatoms. The molecule has 1 amide bonds. The van der Waals surface area contributed by atoms with Gasteiger partial charge in [0.05, 0.1) is 11.1 Å². The minimum atomic E-state index is -0.450. The number of halogens is 1. The molecule has 2 aliphatic rings. The zero-order chi connectivity index (χ0) is 25.1. The van der Waals surface area contributed by atoms with Gasteiger partial charge in [0.15, 0.2) is 6.61 Å². The number of ether oxygens (including phenoxy) is 1. The van der Waals surface area contributed by atoms with Crippen LogP contribution >= 0.6 is 11.6 Å². The topological polar surface area (TPSA) is 66.0 Å². The fourth-order valence-corrected chi connectivity index (χ4v) is 5.35. The highest BCUT2D eigenvalue weighted by atomic mass is 35.5. The molecule has 2 aliphatic heterocycles. The number of carbonyl (C=O) groups excluding carboxylic acids is 2. The van der Waals surface area contributed by atoms with Crippen molar-refractivity contribution < 1.29 is 14.3 Å². The maximum Gasteiger partial charge on any atom is 0.339 e. The van der Waals surface area contributed by atoms with Crippen molar-refractivity contribution in [3.05, 3.63) is 70.4 Å². The normalized spacial score (nSPS) is 16.2. The molecule has 3 heterocycles. The third-order valence-corrected chi connectivity index (χ3v) is 7.24. The Morgan fingerprint density at radius 1 is 1.03 bits per heavy atom. The molecule has 0 unspecified atom stereocenters. The minimum absolute atomic E-state index is 0.172. The minimum Gasteiger partial charge on any atom is -0.452 e. The Bertz CT molecular complexity index is 1270. The van der Waals surface area contributed by atoms with Gasteiger partial charge in [-0.15, -0.1) is 0 Å². The molecule has 0 atom stereocenters. The van der Waals surface area contributed by atoms with E-state index in [1.807, 2.05) is 48.5 Å². The maximum atomic E-state index is 13.4. The Labute approximate surface area is 216 Å². The van der Waals surface area contributed by atoms with Gasteiger partial charge in [0, 0.05) is 73.0 Å². The van der Waals surface area contributed by atoms with Crippen molar-refractivity contribution in [1.82, 2.24) is 14.8 Å². The number of para-hydroxylation sites is 1. The highest BCUT2D eigenvalue weighted by Crippen LogP contribution is 2.29. The number of hydrogen-bond donors (Lipinski definition) is 0. The van der Waals surface area contributed by atoms with Crippen LogP contribution in [0.25, 0.3) is 10.9 Å². The van der Waals surface area contributed by atoms with Gasteiger partial charge in [0.25, 0.3) is 5.91 Å². The fraction of sp³-hybridized carbons (Fsp3) is 0.393. The van der Waals surface area contributed by atoms with E-state index in [-0.39, 0.29) is 12.5 Å². The van der Waals surface area contributed by atoms with Gasteiger partial charge < -0.3 is 14.5 Å². The lowest BCUT2D eigenvalue weighted by molar-refractivity contribution is -0.134. The van der Waals surface area contributed by atoms with Crippen LogP contribution in [-0.2, 0) is 22.5 Å². The average molecular weight is 507 g/mol. The van der Waals surface area contributed by atoms with Gasteiger partial charge in [-0.1, -0.05) is 42.8 Å². The van der Waals surface area contributed by atoms with Crippen molar-refractivity contribution in [2.75, 3.05) is 50.8 Å². The Morgan fingerprint density at radius 3 is 2.61 bits per heavy atom. The van der Waals surface area contributed by atoms with Gasteiger partial charge in [-0.3, -0.25) is 14.7 Å². The highest BCUT2D eigenvalue weighted by Gasteiger charge is 2.28. The van der Waals surface area contributed by atoms with Crippen molar-refractivity contribution >= 4 is 40.1 Å². The third kappa shape index (κ3) is 5.18. The van der Waals surface area contributed by atoms with E-state index in [1.165, 1.54) is 0 Å². The summed E-state index contributed by atoms with van der Waals surface area (Å²) in [6.45, 7) is 7.02. The van der Waals surface area contributed by atoms with Gasteiger partial charge in [0.2, 0.25) is 0 Å². The van der Waals surface area contributed by atoms with Crippen LogP contribution in [0.5, 0.6) is 0 Å². The first-order chi connectivity index (χ1) is 17.5. The molecule has 1 aromatic heterocycles. The van der Waals surface area contributed by atoms with E-state index in [0.717, 1.165) is 53.8 Å². The summed E-state index contributed by atoms with van der Waals surface area (Å²) in [7, 11) is 0.